The Hall–Kier alpha value is -8.30. The van der Waals surface area contributed by atoms with Gasteiger partial charge in [-0.15, -0.1) is 0 Å². The molecule has 2 fully saturated rings. The summed E-state index contributed by atoms with van der Waals surface area (Å²) in [4.78, 5) is 0. The quantitative estimate of drug-likeness (QED) is 0.126. The Kier molecular flexibility index (Phi) is 62.8. The van der Waals surface area contributed by atoms with E-state index in [4.69, 9.17) is 141 Å². The Balaban J connectivity index is -0.000000526. The van der Waals surface area contributed by atoms with Crippen LogP contribution in [0.15, 0.2) is 48.5 Å². The Morgan fingerprint density at radius 3 is 0.323 bits per heavy atom. The smallest absolute Gasteiger partial charge is 1.00 e. The largest absolute Gasteiger partial charge is 1.00 e. The van der Waals surface area contributed by atoms with Gasteiger partial charge in [0.05, 0.1) is 242 Å². The van der Waals surface area contributed by atoms with Crippen LogP contribution in [0.1, 0.15) is 89.0 Å². The predicted molar refractivity (Wildman–Crippen MR) is 310 cm³/mol. The first-order valence-electron chi connectivity index (χ1n) is 27.2. The molecule has 4 aromatic rings. The molecule has 0 unspecified atom stereocenters. The van der Waals surface area contributed by atoms with Crippen LogP contribution in [-0.4, -0.2) is 159 Å². The van der Waals surface area contributed by atoms with E-state index in [2.05, 4.69) is 0 Å². The zero-order chi connectivity index (χ0) is 67.7. The molecule has 0 bridgehead atoms. The Labute approximate surface area is 635 Å². The fourth-order valence-electron chi connectivity index (χ4n) is 6.53. The number of nitrogens with one attached hydrogen (secondary N) is 1. The van der Waals surface area contributed by atoms with Crippen molar-refractivity contribution in [2.75, 3.05) is 159 Å². The van der Waals surface area contributed by atoms with Crippen LogP contribution in [0.3, 0.4) is 0 Å². The third-order valence-electron chi connectivity index (χ3n) is 11.0. The molecule has 96 heavy (non-hydrogen) atoms. The topological polar surface area (TPSA) is 491 Å². The van der Waals surface area contributed by atoms with Gasteiger partial charge in [0.15, 0.2) is 0 Å². The number of nitriles is 15. The van der Waals surface area contributed by atoms with Gasteiger partial charge in [0.2, 0.25) is 0 Å². The summed E-state index contributed by atoms with van der Waals surface area (Å²) in [6.07, 6.45) is 0. The molecule has 2 aliphatic heterocycles. The Morgan fingerprint density at radius 1 is 0.177 bits per heavy atom. The fraction of sp³-hybridized carbons (Fsp3) is 0.375. The van der Waals surface area contributed by atoms with Crippen molar-refractivity contribution >= 4 is 0 Å². The van der Waals surface area contributed by atoms with Crippen molar-refractivity contribution in [3.8, 4) is 97.1 Å². The van der Waals surface area contributed by atoms with Gasteiger partial charge in [-0.1, -0.05) is 5.26 Å². The molecule has 2 aliphatic rings. The first kappa shape index (κ1) is 94.1. The monoisotopic (exact) mass is 1540 g/mol. The van der Waals surface area contributed by atoms with Crippen molar-refractivity contribution < 1.29 is 169 Å². The van der Waals surface area contributed by atoms with Crippen LogP contribution in [-0.2, 0) is 56.8 Å². The molecular weight excluding hydrogens is 1480 g/mol. The van der Waals surface area contributed by atoms with Crippen LogP contribution in [0.2, 0.25) is 0 Å². The minimum Gasteiger partial charge on any atom is -1.00 e. The minimum absolute atomic E-state index is 0. The Bertz CT molecular complexity index is 2760. The summed E-state index contributed by atoms with van der Waals surface area (Å²) in [5, 5.41) is 137. The summed E-state index contributed by atoms with van der Waals surface area (Å²) < 4.78 is 63.9. The molecule has 0 amide bonds. The Morgan fingerprint density at radius 2 is 0.250 bits per heavy atom. The first-order valence-corrected chi connectivity index (χ1v) is 27.2. The normalized spacial score (nSPS) is 13.5. The van der Waals surface area contributed by atoms with Crippen LogP contribution < -0.4 is 112 Å². The molecule has 1 N–H and O–H groups in total. The third kappa shape index (κ3) is 40.2. The van der Waals surface area contributed by atoms with E-state index in [9.17, 15) is 0 Å². The van der Waals surface area contributed by atoms with Gasteiger partial charge in [-0.25, -0.2) is 0 Å². The van der Waals surface area contributed by atoms with E-state index in [1.807, 2.05) is 24.3 Å². The molecule has 0 radical (unpaired) electrons. The van der Waals surface area contributed by atoms with E-state index in [0.717, 1.165) is 0 Å². The standard InChI is InChI=1S/2C12H24O6.4C10H2N4.2HI.2Na/c2*1-2-14-5-6-16-9-10-18-12-11-17-8-7-15-4-3-13-1;4*11-3-7-1-8(4-12)10(6-14)2-9(7)5-13;;;;/h2*1-12H2;4*1-2H;2*1H;;/q;;;;;;;;2*+1/p-1. The third-order valence-corrected chi connectivity index (χ3v) is 11.0. The van der Waals surface area contributed by atoms with E-state index < -0.39 is 0 Å². The molecule has 480 valence electrons. The minimum atomic E-state index is 0. The SMILES string of the molecule is C1COCCOCCOCCOCCOCCO1.C1COCCOCCOCCOCCOCCO1.N#Cc1cc(C#N)c(C#N)cc1C#N.N#Cc1cc(C#N)c(C#N)cc1C#N.N#Cc1cc(C#N)c(C#N)cc1C#N.N#Cc1cc(C#N)c(C#[NH+])cc1C#N.[I-].[I-].[Na+].[Na+]. The van der Waals surface area contributed by atoms with Gasteiger partial charge < -0.3 is 105 Å². The average molecular weight is 1540 g/mol. The molecule has 28 nitrogen and oxygen atoms in total. The maximum atomic E-state index is 8.67. The second-order valence-electron chi connectivity index (χ2n) is 16.9. The van der Waals surface area contributed by atoms with Crippen molar-refractivity contribution in [2.24, 2.45) is 0 Å². The van der Waals surface area contributed by atoms with E-state index in [1.54, 1.807) is 72.8 Å². The first-order chi connectivity index (χ1) is 45.0. The molecule has 6 rings (SSSR count). The molecule has 0 atom stereocenters. The number of nitrogens with zero attached hydrogens (tertiary/aromatic N) is 15. The van der Waals surface area contributed by atoms with Crippen molar-refractivity contribution in [3.63, 3.8) is 0 Å². The summed E-state index contributed by atoms with van der Waals surface area (Å²) in [6.45, 7) is 14.1. The van der Waals surface area contributed by atoms with Crippen LogP contribution in [0, 0.1) is 176 Å². The van der Waals surface area contributed by atoms with Gasteiger partial charge in [0, 0.05) is 0 Å². The average Bonchev–Trinajstić information content (AvgIpc) is 0.951. The molecule has 2 heterocycles. The van der Waals surface area contributed by atoms with E-state index in [1.165, 1.54) is 48.5 Å². The second kappa shape index (κ2) is 64.1. The number of ether oxygens (including phenoxy) is 12. The summed E-state index contributed by atoms with van der Waals surface area (Å²) in [5.41, 5.74) is 2.06. The van der Waals surface area contributed by atoms with Gasteiger partial charge in [0.25, 0.3) is 0 Å². The van der Waals surface area contributed by atoms with Gasteiger partial charge in [-0.3, -0.25) is 0 Å². The van der Waals surface area contributed by atoms with Crippen LogP contribution in [0.25, 0.3) is 0 Å². The number of hydrogen-bond acceptors (Lipinski definition) is 27. The van der Waals surface area contributed by atoms with Crippen molar-refractivity contribution in [1.82, 2.24) is 0 Å². The number of benzene rings is 4. The van der Waals surface area contributed by atoms with Crippen LogP contribution in [0.5, 0.6) is 0 Å². The maximum Gasteiger partial charge on any atom is 1.00 e. The molecule has 0 aliphatic carbocycles. The zero-order valence-corrected chi connectivity index (χ0v) is 60.8. The number of hydrogen-bond donors (Lipinski definition) is 1. The number of halogens is 2. The summed E-state index contributed by atoms with van der Waals surface area (Å²) in [5.74, 6) is 0. The summed E-state index contributed by atoms with van der Waals surface area (Å²) in [6, 6.07) is 39.0. The van der Waals surface area contributed by atoms with Gasteiger partial charge in [-0.05, 0) is 48.5 Å². The molecule has 0 saturated carbocycles. The van der Waals surface area contributed by atoms with Gasteiger partial charge >= 0.3 is 65.2 Å². The van der Waals surface area contributed by atoms with Gasteiger partial charge in [0.1, 0.15) is 96.6 Å². The van der Waals surface area contributed by atoms with Crippen LogP contribution >= 0.6 is 0 Å². The van der Waals surface area contributed by atoms with E-state index >= 15 is 0 Å². The molecule has 0 aromatic heterocycles. The van der Waals surface area contributed by atoms with E-state index in [0.29, 0.717) is 159 Å². The van der Waals surface area contributed by atoms with Crippen molar-refractivity contribution in [2.45, 2.75) is 0 Å². The van der Waals surface area contributed by atoms with Crippen molar-refractivity contribution in [3.05, 3.63) is 138 Å². The zero-order valence-electron chi connectivity index (χ0n) is 52.5. The van der Waals surface area contributed by atoms with Gasteiger partial charge in [-0.2, -0.15) is 78.9 Å². The summed E-state index contributed by atoms with van der Waals surface area (Å²) in [7, 11) is 0. The molecule has 2 saturated heterocycles. The molecule has 0 spiro atoms. The van der Waals surface area contributed by atoms with Crippen molar-refractivity contribution in [1.29, 1.82) is 78.9 Å². The summed E-state index contributed by atoms with van der Waals surface area (Å²) >= 11 is 0. The molecule has 32 heteroatoms. The fourth-order valence-corrected chi connectivity index (χ4v) is 6.53. The number of rotatable bonds is 0. The van der Waals surface area contributed by atoms with E-state index in [-0.39, 0.29) is 196 Å². The van der Waals surface area contributed by atoms with Crippen LogP contribution in [0.4, 0.5) is 0 Å². The second-order valence-corrected chi connectivity index (χ2v) is 16.9. The molecular formula is C64H57I2N16Na2O12+. The predicted octanol–water partition coefficient (Wildman–Crippen LogP) is -8.84. The molecule has 4 aromatic carbocycles. The maximum absolute atomic E-state index is 8.67.